The van der Waals surface area contributed by atoms with Gasteiger partial charge in [-0.2, -0.15) is 15.0 Å². The van der Waals surface area contributed by atoms with E-state index in [0.717, 1.165) is 16.6 Å². The summed E-state index contributed by atoms with van der Waals surface area (Å²) in [5.41, 5.74) is 4.09. The van der Waals surface area contributed by atoms with E-state index in [-0.39, 0.29) is 6.04 Å². The second-order valence-corrected chi connectivity index (χ2v) is 8.45. The number of aromatic nitrogens is 7. The molecule has 0 amide bonds. The van der Waals surface area contributed by atoms with E-state index in [1.807, 2.05) is 50.2 Å². The molecular formula is C25H23N9O. The minimum atomic E-state index is -0.669. The number of pyridine rings is 2. The van der Waals surface area contributed by atoms with E-state index in [1.165, 1.54) is 6.20 Å². The average Bonchev–Trinajstić information content (AvgIpc) is 3.50. The van der Waals surface area contributed by atoms with Crippen molar-refractivity contribution in [2.75, 3.05) is 5.32 Å². The summed E-state index contributed by atoms with van der Waals surface area (Å²) in [6, 6.07) is 15.3. The fourth-order valence-corrected chi connectivity index (χ4v) is 3.81. The van der Waals surface area contributed by atoms with Gasteiger partial charge in [-0.25, -0.2) is 14.6 Å². The zero-order valence-corrected chi connectivity index (χ0v) is 19.2. The third-order valence-electron chi connectivity index (χ3n) is 5.44. The highest BCUT2D eigenvalue weighted by atomic mass is 16.3. The summed E-state index contributed by atoms with van der Waals surface area (Å²) in [5.74, 6) is 0.573. The van der Waals surface area contributed by atoms with Crippen LogP contribution in [0.4, 0.5) is 5.69 Å². The highest BCUT2D eigenvalue weighted by molar-refractivity contribution is 5.77. The standard InChI is InChI=1S/C25H23N9O/c1-16(2)30-21-10-24(34-25-19(13-29-34)8-17(11-26)12-28-25)27-14-22(21)33-15-20(31-32-33)9-23(35)18-6-4-3-5-7-18/h3-8,10,12-16,23,35H,9H2,1-2H3,(H,27,30). The Kier molecular flexibility index (Phi) is 5.91. The molecule has 10 heteroatoms. The molecule has 174 valence electrons. The first kappa shape index (κ1) is 22.2. The summed E-state index contributed by atoms with van der Waals surface area (Å²) in [7, 11) is 0. The molecule has 0 bridgehead atoms. The lowest BCUT2D eigenvalue weighted by Gasteiger charge is -2.15. The van der Waals surface area contributed by atoms with Crippen molar-refractivity contribution in [2.24, 2.45) is 0 Å². The maximum absolute atomic E-state index is 10.6. The van der Waals surface area contributed by atoms with Gasteiger partial charge in [-0.15, -0.1) is 5.10 Å². The normalized spacial score (nSPS) is 12.1. The van der Waals surface area contributed by atoms with E-state index in [2.05, 4.69) is 36.8 Å². The highest BCUT2D eigenvalue weighted by Gasteiger charge is 2.16. The van der Waals surface area contributed by atoms with Crippen molar-refractivity contribution < 1.29 is 5.11 Å². The van der Waals surface area contributed by atoms with Crippen LogP contribution in [0.3, 0.4) is 0 Å². The SMILES string of the molecule is CC(C)Nc1cc(-n2ncc3cc(C#N)cnc32)ncc1-n1cc(CC(O)c2ccccc2)nn1. The molecule has 5 aromatic rings. The molecular weight excluding hydrogens is 442 g/mol. The Morgan fingerprint density at radius 3 is 2.69 bits per heavy atom. The number of benzene rings is 1. The van der Waals surface area contributed by atoms with Crippen LogP contribution in [-0.2, 0) is 6.42 Å². The van der Waals surface area contributed by atoms with E-state index >= 15 is 0 Å². The quantitative estimate of drug-likeness (QED) is 0.374. The number of nitriles is 1. The van der Waals surface area contributed by atoms with Crippen LogP contribution in [0.25, 0.3) is 22.5 Å². The van der Waals surface area contributed by atoms with Gasteiger partial charge in [0.2, 0.25) is 0 Å². The van der Waals surface area contributed by atoms with Crippen LogP contribution >= 0.6 is 0 Å². The Hall–Kier alpha value is -4.62. The third-order valence-corrected chi connectivity index (χ3v) is 5.44. The fraction of sp³-hybridized carbons (Fsp3) is 0.200. The Labute approximate surface area is 201 Å². The van der Waals surface area contributed by atoms with Gasteiger partial charge in [-0.3, -0.25) is 0 Å². The smallest absolute Gasteiger partial charge is 0.164 e. The Balaban J connectivity index is 1.47. The average molecular weight is 466 g/mol. The lowest BCUT2D eigenvalue weighted by Crippen LogP contribution is -2.14. The zero-order valence-electron chi connectivity index (χ0n) is 19.2. The first-order chi connectivity index (χ1) is 17.0. The third kappa shape index (κ3) is 4.58. The number of anilines is 1. The van der Waals surface area contributed by atoms with Gasteiger partial charge >= 0.3 is 0 Å². The number of nitrogens with zero attached hydrogens (tertiary/aromatic N) is 8. The van der Waals surface area contributed by atoms with Crippen LogP contribution in [0.5, 0.6) is 0 Å². The van der Waals surface area contributed by atoms with Gasteiger partial charge in [0.15, 0.2) is 11.5 Å². The summed E-state index contributed by atoms with van der Waals surface area (Å²) >= 11 is 0. The van der Waals surface area contributed by atoms with Crippen molar-refractivity contribution in [3.05, 3.63) is 84.1 Å². The van der Waals surface area contributed by atoms with Gasteiger partial charge < -0.3 is 10.4 Å². The molecule has 4 heterocycles. The number of rotatable bonds is 7. The van der Waals surface area contributed by atoms with Crippen molar-refractivity contribution >= 4 is 16.7 Å². The maximum atomic E-state index is 10.6. The van der Waals surface area contributed by atoms with E-state index in [1.54, 1.807) is 34.0 Å². The topological polar surface area (TPSA) is 130 Å². The summed E-state index contributed by atoms with van der Waals surface area (Å²) < 4.78 is 3.28. The van der Waals surface area contributed by atoms with Gasteiger partial charge in [0.05, 0.1) is 41.6 Å². The number of hydrogen-bond donors (Lipinski definition) is 2. The van der Waals surface area contributed by atoms with Crippen LogP contribution in [0.15, 0.2) is 67.3 Å². The number of nitrogens with one attached hydrogen (secondary N) is 1. The van der Waals surface area contributed by atoms with Crippen molar-refractivity contribution in [3.8, 4) is 17.6 Å². The van der Waals surface area contributed by atoms with Crippen LogP contribution in [0, 0.1) is 11.3 Å². The molecule has 0 saturated carbocycles. The molecule has 0 aliphatic rings. The molecule has 1 atom stereocenters. The lowest BCUT2D eigenvalue weighted by atomic mass is 10.1. The van der Waals surface area contributed by atoms with Crippen molar-refractivity contribution in [3.63, 3.8) is 0 Å². The molecule has 0 aliphatic heterocycles. The Bertz CT molecular complexity index is 1520. The molecule has 1 aromatic carbocycles. The molecule has 0 fully saturated rings. The predicted octanol–water partition coefficient (Wildman–Crippen LogP) is 3.36. The molecule has 0 spiro atoms. The Morgan fingerprint density at radius 2 is 1.91 bits per heavy atom. The summed E-state index contributed by atoms with van der Waals surface area (Å²) in [6.07, 6.45) is 6.35. The summed E-state index contributed by atoms with van der Waals surface area (Å²) in [5, 5.41) is 36.8. The van der Waals surface area contributed by atoms with E-state index in [9.17, 15) is 5.11 Å². The fourth-order valence-electron chi connectivity index (χ4n) is 3.81. The van der Waals surface area contributed by atoms with Crippen LogP contribution in [0.1, 0.15) is 36.8 Å². The van der Waals surface area contributed by atoms with Crippen molar-refractivity contribution in [1.29, 1.82) is 5.26 Å². The van der Waals surface area contributed by atoms with Gasteiger partial charge in [-0.05, 0) is 25.5 Å². The monoisotopic (exact) mass is 465 g/mol. The minimum absolute atomic E-state index is 0.151. The van der Waals surface area contributed by atoms with Crippen LogP contribution < -0.4 is 5.32 Å². The molecule has 0 radical (unpaired) electrons. The molecule has 1 unspecified atom stereocenters. The van der Waals surface area contributed by atoms with Crippen molar-refractivity contribution in [1.82, 2.24) is 34.7 Å². The van der Waals surface area contributed by atoms with Gasteiger partial charge in [0.25, 0.3) is 0 Å². The first-order valence-corrected chi connectivity index (χ1v) is 11.2. The molecule has 0 saturated heterocycles. The zero-order chi connectivity index (χ0) is 24.4. The van der Waals surface area contributed by atoms with Gasteiger partial charge in [0.1, 0.15) is 11.8 Å². The number of fused-ring (bicyclic) bond motifs is 1. The van der Waals surface area contributed by atoms with Crippen molar-refractivity contribution in [2.45, 2.75) is 32.4 Å². The maximum Gasteiger partial charge on any atom is 0.164 e. The van der Waals surface area contributed by atoms with Gasteiger partial charge in [0, 0.05) is 30.1 Å². The lowest BCUT2D eigenvalue weighted by molar-refractivity contribution is 0.177. The van der Waals surface area contributed by atoms with E-state index < -0.39 is 6.10 Å². The highest BCUT2D eigenvalue weighted by Crippen LogP contribution is 2.25. The largest absolute Gasteiger partial charge is 0.388 e. The second-order valence-electron chi connectivity index (χ2n) is 8.45. The molecule has 10 nitrogen and oxygen atoms in total. The van der Waals surface area contributed by atoms with Gasteiger partial charge in [-0.1, -0.05) is 35.5 Å². The molecule has 2 N–H and O–H groups in total. The number of hydrogen-bond acceptors (Lipinski definition) is 8. The predicted molar refractivity (Wildman–Crippen MR) is 130 cm³/mol. The van der Waals surface area contributed by atoms with Crippen LogP contribution in [-0.4, -0.2) is 45.9 Å². The minimum Gasteiger partial charge on any atom is -0.388 e. The number of aliphatic hydroxyl groups is 1. The second kappa shape index (κ2) is 9.32. The molecule has 5 rings (SSSR count). The summed E-state index contributed by atoms with van der Waals surface area (Å²) in [6.45, 7) is 4.09. The van der Waals surface area contributed by atoms with E-state index in [4.69, 9.17) is 5.26 Å². The molecule has 35 heavy (non-hydrogen) atoms. The van der Waals surface area contributed by atoms with E-state index in [0.29, 0.717) is 34.8 Å². The molecule has 4 aromatic heterocycles. The van der Waals surface area contributed by atoms with Crippen LogP contribution in [0.2, 0.25) is 0 Å². The summed E-state index contributed by atoms with van der Waals surface area (Å²) in [4.78, 5) is 8.98. The number of aliphatic hydroxyl groups excluding tert-OH is 1. The molecule has 0 aliphatic carbocycles. The Morgan fingerprint density at radius 1 is 1.09 bits per heavy atom. The first-order valence-electron chi connectivity index (χ1n) is 11.2.